The van der Waals surface area contributed by atoms with Gasteiger partial charge < -0.3 is 15.7 Å². The Morgan fingerprint density at radius 1 is 1.08 bits per heavy atom. The van der Waals surface area contributed by atoms with Crippen LogP contribution in [0.1, 0.15) is 10.4 Å². The van der Waals surface area contributed by atoms with Crippen LogP contribution >= 0.6 is 11.3 Å². The number of nitrogens with zero attached hydrogens (tertiary/aromatic N) is 3. The number of hydrogen-bond acceptors (Lipinski definition) is 7. The Morgan fingerprint density at radius 2 is 1.92 bits per heavy atom. The van der Waals surface area contributed by atoms with Crippen LogP contribution in [0.15, 0.2) is 48.7 Å². The Bertz CT molecular complexity index is 805. The highest BCUT2D eigenvalue weighted by Gasteiger charge is 2.07. The largest absolute Gasteiger partial charge is 0.508 e. The summed E-state index contributed by atoms with van der Waals surface area (Å²) in [5.41, 5.74) is 1.28. The van der Waals surface area contributed by atoms with Gasteiger partial charge >= 0.3 is 0 Å². The SMILES string of the molecule is O=C(NCCNc1nnc(-c2ccccn2)s1)c1ccc(O)cc1. The summed E-state index contributed by atoms with van der Waals surface area (Å²) in [6, 6.07) is 11.7. The molecule has 0 bridgehead atoms. The predicted molar refractivity (Wildman–Crippen MR) is 92.1 cm³/mol. The minimum atomic E-state index is -0.191. The van der Waals surface area contributed by atoms with Crippen molar-refractivity contribution in [2.45, 2.75) is 0 Å². The molecule has 3 aromatic rings. The number of phenols is 1. The van der Waals surface area contributed by atoms with Crippen molar-refractivity contribution < 1.29 is 9.90 Å². The second-order valence-corrected chi connectivity index (χ2v) is 5.83. The van der Waals surface area contributed by atoms with Crippen molar-refractivity contribution in [2.24, 2.45) is 0 Å². The summed E-state index contributed by atoms with van der Waals surface area (Å²) in [7, 11) is 0. The van der Waals surface area contributed by atoms with E-state index in [1.54, 1.807) is 18.3 Å². The summed E-state index contributed by atoms with van der Waals surface area (Å²) in [6.07, 6.45) is 1.71. The number of benzene rings is 1. The predicted octanol–water partition coefficient (Wildman–Crippen LogP) is 2.15. The fourth-order valence-corrected chi connectivity index (χ4v) is 2.69. The van der Waals surface area contributed by atoms with Crippen LogP contribution in [-0.2, 0) is 0 Å². The van der Waals surface area contributed by atoms with Crippen molar-refractivity contribution in [1.82, 2.24) is 20.5 Å². The number of rotatable bonds is 6. The molecular formula is C16H15N5O2S. The van der Waals surface area contributed by atoms with Crippen LogP contribution in [0.5, 0.6) is 5.75 Å². The number of aromatic hydroxyl groups is 1. The van der Waals surface area contributed by atoms with Gasteiger partial charge in [-0.3, -0.25) is 9.78 Å². The highest BCUT2D eigenvalue weighted by atomic mass is 32.1. The van der Waals surface area contributed by atoms with Crippen molar-refractivity contribution in [3.05, 3.63) is 54.2 Å². The maximum Gasteiger partial charge on any atom is 0.251 e. The Hall–Kier alpha value is -3.00. The molecule has 0 atom stereocenters. The van der Waals surface area contributed by atoms with Gasteiger partial charge in [-0.05, 0) is 36.4 Å². The first-order chi connectivity index (χ1) is 11.7. The lowest BCUT2D eigenvalue weighted by Gasteiger charge is -2.05. The Labute approximate surface area is 142 Å². The number of carbonyl (C=O) groups excluding carboxylic acids is 1. The van der Waals surface area contributed by atoms with Gasteiger partial charge in [-0.2, -0.15) is 0 Å². The summed E-state index contributed by atoms with van der Waals surface area (Å²) < 4.78 is 0. The number of amides is 1. The van der Waals surface area contributed by atoms with E-state index in [0.29, 0.717) is 23.8 Å². The van der Waals surface area contributed by atoms with Crippen LogP contribution < -0.4 is 10.6 Å². The zero-order valence-corrected chi connectivity index (χ0v) is 13.5. The van der Waals surface area contributed by atoms with Crippen molar-refractivity contribution in [3.8, 4) is 16.5 Å². The molecule has 0 unspecified atom stereocenters. The van der Waals surface area contributed by atoms with Gasteiger partial charge in [0.15, 0.2) is 5.01 Å². The molecule has 3 rings (SSSR count). The average molecular weight is 341 g/mol. The zero-order valence-electron chi connectivity index (χ0n) is 12.6. The molecule has 0 spiro atoms. The summed E-state index contributed by atoms with van der Waals surface area (Å²) in [4.78, 5) is 16.1. The minimum absolute atomic E-state index is 0.133. The number of aromatic nitrogens is 3. The fourth-order valence-electron chi connectivity index (χ4n) is 1.95. The summed E-state index contributed by atoms with van der Waals surface area (Å²) in [5.74, 6) is -0.0589. The van der Waals surface area contributed by atoms with E-state index in [2.05, 4.69) is 25.8 Å². The molecule has 0 aliphatic rings. The number of anilines is 1. The van der Waals surface area contributed by atoms with E-state index in [9.17, 15) is 9.90 Å². The number of phenolic OH excluding ortho intramolecular Hbond substituents is 1. The maximum atomic E-state index is 11.9. The van der Waals surface area contributed by atoms with Crippen molar-refractivity contribution in [2.75, 3.05) is 18.4 Å². The van der Waals surface area contributed by atoms with E-state index in [0.717, 1.165) is 10.7 Å². The van der Waals surface area contributed by atoms with Crippen LogP contribution in [0.25, 0.3) is 10.7 Å². The molecule has 0 saturated carbocycles. The third-order valence-corrected chi connectivity index (χ3v) is 4.03. The quantitative estimate of drug-likeness (QED) is 0.594. The van der Waals surface area contributed by atoms with E-state index >= 15 is 0 Å². The molecule has 2 heterocycles. The first kappa shape index (κ1) is 15.9. The van der Waals surface area contributed by atoms with Gasteiger partial charge in [0.1, 0.15) is 11.4 Å². The Balaban J connectivity index is 1.46. The van der Waals surface area contributed by atoms with Crippen LogP contribution in [-0.4, -0.2) is 39.3 Å². The first-order valence-electron chi connectivity index (χ1n) is 7.28. The van der Waals surface area contributed by atoms with E-state index in [1.807, 2.05) is 18.2 Å². The van der Waals surface area contributed by atoms with Crippen molar-refractivity contribution >= 4 is 22.4 Å². The van der Waals surface area contributed by atoms with Crippen LogP contribution in [0.4, 0.5) is 5.13 Å². The van der Waals surface area contributed by atoms with E-state index < -0.39 is 0 Å². The molecule has 0 fully saturated rings. The highest BCUT2D eigenvalue weighted by Crippen LogP contribution is 2.23. The molecular weight excluding hydrogens is 326 g/mol. The summed E-state index contributed by atoms with van der Waals surface area (Å²) in [5, 5.41) is 24.7. The molecule has 0 aliphatic heterocycles. The molecule has 122 valence electrons. The minimum Gasteiger partial charge on any atom is -0.508 e. The van der Waals surface area contributed by atoms with Crippen LogP contribution in [0.2, 0.25) is 0 Å². The third kappa shape index (κ3) is 4.05. The molecule has 0 aliphatic carbocycles. The standard InChI is InChI=1S/C16H15N5O2S/c22-12-6-4-11(5-7-12)14(23)18-9-10-19-16-21-20-15(24-16)13-3-1-2-8-17-13/h1-8,22H,9-10H2,(H,18,23)(H,19,21). The number of nitrogens with one attached hydrogen (secondary N) is 2. The number of pyridine rings is 1. The molecule has 8 heteroatoms. The van der Waals surface area contributed by atoms with Crippen LogP contribution in [0.3, 0.4) is 0 Å². The van der Waals surface area contributed by atoms with Gasteiger partial charge in [0.2, 0.25) is 5.13 Å². The Kier molecular flexibility index (Phi) is 4.97. The molecule has 1 aromatic carbocycles. The molecule has 7 nitrogen and oxygen atoms in total. The molecule has 0 saturated heterocycles. The van der Waals surface area contributed by atoms with Crippen molar-refractivity contribution in [3.63, 3.8) is 0 Å². The lowest BCUT2D eigenvalue weighted by Crippen LogP contribution is -2.28. The van der Waals surface area contributed by atoms with Gasteiger partial charge in [-0.1, -0.05) is 17.4 Å². The van der Waals surface area contributed by atoms with E-state index in [-0.39, 0.29) is 11.7 Å². The van der Waals surface area contributed by atoms with Crippen LogP contribution in [0, 0.1) is 0 Å². The second-order valence-electron chi connectivity index (χ2n) is 4.86. The molecule has 0 radical (unpaired) electrons. The van der Waals surface area contributed by atoms with E-state index in [1.165, 1.54) is 23.5 Å². The number of carbonyl (C=O) groups is 1. The molecule has 2 aromatic heterocycles. The summed E-state index contributed by atoms with van der Waals surface area (Å²) >= 11 is 1.41. The van der Waals surface area contributed by atoms with Gasteiger partial charge in [-0.15, -0.1) is 10.2 Å². The fraction of sp³-hybridized carbons (Fsp3) is 0.125. The molecule has 1 amide bonds. The van der Waals surface area contributed by atoms with Gasteiger partial charge in [0.25, 0.3) is 5.91 Å². The maximum absolute atomic E-state index is 11.9. The monoisotopic (exact) mass is 341 g/mol. The van der Waals surface area contributed by atoms with E-state index in [4.69, 9.17) is 0 Å². The van der Waals surface area contributed by atoms with Gasteiger partial charge in [0.05, 0.1) is 0 Å². The lowest BCUT2D eigenvalue weighted by molar-refractivity contribution is 0.0955. The topological polar surface area (TPSA) is 100 Å². The molecule has 24 heavy (non-hydrogen) atoms. The van der Waals surface area contributed by atoms with Crippen molar-refractivity contribution in [1.29, 1.82) is 0 Å². The summed E-state index contributed by atoms with van der Waals surface area (Å²) in [6.45, 7) is 0.971. The third-order valence-electron chi connectivity index (χ3n) is 3.13. The Morgan fingerprint density at radius 3 is 2.67 bits per heavy atom. The molecule has 3 N–H and O–H groups in total. The lowest BCUT2D eigenvalue weighted by atomic mass is 10.2. The number of hydrogen-bond donors (Lipinski definition) is 3. The normalized spacial score (nSPS) is 10.3. The van der Waals surface area contributed by atoms with Gasteiger partial charge in [-0.25, -0.2) is 0 Å². The second kappa shape index (κ2) is 7.51. The highest BCUT2D eigenvalue weighted by molar-refractivity contribution is 7.18. The smallest absolute Gasteiger partial charge is 0.251 e. The average Bonchev–Trinajstić information content (AvgIpc) is 3.09. The zero-order chi connectivity index (χ0) is 16.8. The van der Waals surface area contributed by atoms with Gasteiger partial charge in [0, 0.05) is 24.8 Å². The first-order valence-corrected chi connectivity index (χ1v) is 8.10.